The third-order valence-corrected chi connectivity index (χ3v) is 4.02. The van der Waals surface area contributed by atoms with Gasteiger partial charge in [0.25, 0.3) is 0 Å². The van der Waals surface area contributed by atoms with E-state index in [1.54, 1.807) is 0 Å². The molecule has 0 radical (unpaired) electrons. The summed E-state index contributed by atoms with van der Waals surface area (Å²) in [5.41, 5.74) is 6.87. The summed E-state index contributed by atoms with van der Waals surface area (Å²) >= 11 is 0. The van der Waals surface area contributed by atoms with Gasteiger partial charge in [-0.1, -0.05) is 6.42 Å². The zero-order chi connectivity index (χ0) is 14.9. The molecular formula is C16H24F2N2. The molecule has 0 bridgehead atoms. The van der Waals surface area contributed by atoms with Crippen molar-refractivity contribution in [3.63, 3.8) is 0 Å². The summed E-state index contributed by atoms with van der Waals surface area (Å²) < 4.78 is 27.1. The van der Waals surface area contributed by atoms with E-state index in [2.05, 4.69) is 25.7 Å². The highest BCUT2D eigenvalue weighted by atomic mass is 19.1. The number of hydrogen-bond donors (Lipinski definition) is 1. The highest BCUT2D eigenvalue weighted by Gasteiger charge is 2.35. The van der Waals surface area contributed by atoms with Gasteiger partial charge in [0, 0.05) is 17.6 Å². The maximum Gasteiger partial charge on any atom is 0.126 e. The van der Waals surface area contributed by atoms with Gasteiger partial charge in [0.2, 0.25) is 0 Å². The number of hydrogen-bond acceptors (Lipinski definition) is 2. The van der Waals surface area contributed by atoms with E-state index in [4.69, 9.17) is 5.73 Å². The van der Waals surface area contributed by atoms with Crippen LogP contribution in [0.5, 0.6) is 0 Å². The molecule has 20 heavy (non-hydrogen) atoms. The van der Waals surface area contributed by atoms with Gasteiger partial charge >= 0.3 is 0 Å². The molecule has 2 nitrogen and oxygen atoms in total. The lowest BCUT2D eigenvalue weighted by Crippen LogP contribution is -2.49. The number of likely N-dealkylation sites (tertiary alicyclic amines) is 1. The van der Waals surface area contributed by atoms with Crippen LogP contribution in [-0.2, 0) is 0 Å². The first kappa shape index (κ1) is 15.4. The van der Waals surface area contributed by atoms with Crippen molar-refractivity contribution < 1.29 is 8.78 Å². The predicted octanol–water partition coefficient (Wildman–Crippen LogP) is 3.62. The lowest BCUT2D eigenvalue weighted by molar-refractivity contribution is 0.0752. The van der Waals surface area contributed by atoms with Crippen LogP contribution in [0.4, 0.5) is 8.78 Å². The first-order chi connectivity index (χ1) is 9.29. The molecule has 0 spiro atoms. The van der Waals surface area contributed by atoms with Gasteiger partial charge in [-0.25, -0.2) is 8.78 Å². The highest BCUT2D eigenvalue weighted by molar-refractivity contribution is 5.24. The van der Waals surface area contributed by atoms with Crippen LogP contribution in [0.25, 0.3) is 0 Å². The standard InChI is InChI=1S/C16H24F2N2/c1-16(2,3)20-7-5-4-6-14(19)15(20)11-8-12(17)10-13(18)9-11/h8-10,14-15H,4-7,19H2,1-3H3. The molecule has 1 saturated heterocycles. The molecule has 4 heteroatoms. The van der Waals surface area contributed by atoms with Crippen molar-refractivity contribution in [3.8, 4) is 0 Å². The number of halogens is 2. The number of nitrogens with two attached hydrogens (primary N) is 1. The molecular weight excluding hydrogens is 258 g/mol. The Morgan fingerprint density at radius 1 is 1.10 bits per heavy atom. The number of rotatable bonds is 1. The molecule has 1 aliphatic rings. The third kappa shape index (κ3) is 3.36. The van der Waals surface area contributed by atoms with Crippen molar-refractivity contribution in [1.29, 1.82) is 0 Å². The Morgan fingerprint density at radius 2 is 1.70 bits per heavy atom. The number of nitrogens with zero attached hydrogens (tertiary/aromatic N) is 1. The molecule has 0 aromatic heterocycles. The molecule has 1 aliphatic heterocycles. The fourth-order valence-electron chi connectivity index (χ4n) is 3.12. The SMILES string of the molecule is CC(C)(C)N1CCCCC(N)C1c1cc(F)cc(F)c1. The van der Waals surface area contributed by atoms with Gasteiger partial charge in [-0.2, -0.15) is 0 Å². The van der Waals surface area contributed by atoms with Gasteiger partial charge in [-0.05, 0) is 57.9 Å². The minimum atomic E-state index is -0.537. The maximum atomic E-state index is 13.5. The molecule has 0 aliphatic carbocycles. The second-order valence-electron chi connectivity index (χ2n) is 6.67. The first-order valence-electron chi connectivity index (χ1n) is 7.27. The van der Waals surface area contributed by atoms with E-state index >= 15 is 0 Å². The van der Waals surface area contributed by atoms with E-state index < -0.39 is 11.6 Å². The van der Waals surface area contributed by atoms with Crippen LogP contribution >= 0.6 is 0 Å². The minimum Gasteiger partial charge on any atom is -0.326 e. The zero-order valence-electron chi connectivity index (χ0n) is 12.5. The molecule has 2 N–H and O–H groups in total. The molecule has 1 fully saturated rings. The number of benzene rings is 1. The van der Waals surface area contributed by atoms with Crippen LogP contribution < -0.4 is 5.73 Å². The first-order valence-corrected chi connectivity index (χ1v) is 7.27. The summed E-state index contributed by atoms with van der Waals surface area (Å²) in [6, 6.07) is 3.50. The smallest absolute Gasteiger partial charge is 0.126 e. The summed E-state index contributed by atoms with van der Waals surface area (Å²) in [5, 5.41) is 0. The highest BCUT2D eigenvalue weighted by Crippen LogP contribution is 2.35. The zero-order valence-corrected chi connectivity index (χ0v) is 12.5. The molecule has 1 aromatic rings. The van der Waals surface area contributed by atoms with E-state index in [9.17, 15) is 8.78 Å². The van der Waals surface area contributed by atoms with Crippen molar-refractivity contribution in [3.05, 3.63) is 35.4 Å². The monoisotopic (exact) mass is 282 g/mol. The van der Waals surface area contributed by atoms with Gasteiger partial charge in [-0.15, -0.1) is 0 Å². The van der Waals surface area contributed by atoms with E-state index in [0.29, 0.717) is 5.56 Å². The van der Waals surface area contributed by atoms with Crippen LogP contribution in [0.1, 0.15) is 51.6 Å². The van der Waals surface area contributed by atoms with Gasteiger partial charge in [0.1, 0.15) is 11.6 Å². The summed E-state index contributed by atoms with van der Waals surface area (Å²) in [7, 11) is 0. The van der Waals surface area contributed by atoms with E-state index in [-0.39, 0.29) is 17.6 Å². The maximum absolute atomic E-state index is 13.5. The van der Waals surface area contributed by atoms with Gasteiger partial charge in [-0.3, -0.25) is 4.90 Å². The average molecular weight is 282 g/mol. The molecule has 112 valence electrons. The topological polar surface area (TPSA) is 29.3 Å². The Hall–Kier alpha value is -1.00. The Kier molecular flexibility index (Phi) is 4.45. The molecule has 1 heterocycles. The summed E-state index contributed by atoms with van der Waals surface area (Å²) in [6.07, 6.45) is 3.01. The van der Waals surface area contributed by atoms with E-state index in [1.807, 2.05) is 0 Å². The Bertz CT molecular complexity index is 448. The van der Waals surface area contributed by atoms with E-state index in [0.717, 1.165) is 31.9 Å². The molecule has 0 amide bonds. The van der Waals surface area contributed by atoms with Crippen LogP contribution in [0.15, 0.2) is 18.2 Å². The largest absolute Gasteiger partial charge is 0.326 e. The van der Waals surface area contributed by atoms with Crippen molar-refractivity contribution in [2.45, 2.75) is 57.7 Å². The minimum absolute atomic E-state index is 0.0879. The van der Waals surface area contributed by atoms with Crippen LogP contribution in [0.2, 0.25) is 0 Å². The third-order valence-electron chi connectivity index (χ3n) is 4.02. The van der Waals surface area contributed by atoms with Crippen molar-refractivity contribution in [1.82, 2.24) is 4.90 Å². The molecule has 0 saturated carbocycles. The molecule has 1 aromatic carbocycles. The van der Waals surface area contributed by atoms with Crippen LogP contribution in [-0.4, -0.2) is 23.0 Å². The normalized spacial score (nSPS) is 25.5. The van der Waals surface area contributed by atoms with Gasteiger partial charge in [0.15, 0.2) is 0 Å². The molecule has 2 unspecified atom stereocenters. The Balaban J connectivity index is 2.45. The molecule has 2 atom stereocenters. The van der Waals surface area contributed by atoms with Gasteiger partial charge < -0.3 is 5.73 Å². The van der Waals surface area contributed by atoms with Crippen LogP contribution in [0, 0.1) is 11.6 Å². The lowest BCUT2D eigenvalue weighted by Gasteiger charge is -2.43. The molecule has 2 rings (SSSR count). The Morgan fingerprint density at radius 3 is 2.25 bits per heavy atom. The van der Waals surface area contributed by atoms with Crippen LogP contribution in [0.3, 0.4) is 0 Å². The summed E-state index contributed by atoms with van der Waals surface area (Å²) in [4.78, 5) is 2.28. The quantitative estimate of drug-likeness (QED) is 0.852. The predicted molar refractivity (Wildman–Crippen MR) is 77.4 cm³/mol. The summed E-state index contributed by atoms with van der Waals surface area (Å²) in [5.74, 6) is -1.07. The van der Waals surface area contributed by atoms with Crippen molar-refractivity contribution in [2.24, 2.45) is 5.73 Å². The fraction of sp³-hybridized carbons (Fsp3) is 0.625. The second-order valence-corrected chi connectivity index (χ2v) is 6.67. The van der Waals surface area contributed by atoms with Crippen molar-refractivity contribution >= 4 is 0 Å². The second kappa shape index (κ2) is 5.78. The summed E-state index contributed by atoms with van der Waals surface area (Å²) in [6.45, 7) is 7.26. The Labute approximate surface area is 120 Å². The average Bonchev–Trinajstić information content (AvgIpc) is 2.48. The van der Waals surface area contributed by atoms with E-state index in [1.165, 1.54) is 12.1 Å². The van der Waals surface area contributed by atoms with Crippen molar-refractivity contribution in [2.75, 3.05) is 6.54 Å². The fourth-order valence-corrected chi connectivity index (χ4v) is 3.12. The van der Waals surface area contributed by atoms with Gasteiger partial charge in [0.05, 0.1) is 6.04 Å². The lowest BCUT2D eigenvalue weighted by atomic mass is 9.92.